The molecule has 78 valence electrons. The zero-order chi connectivity index (χ0) is 10.4. The molecular formula is C10H22N2S. The summed E-state index contributed by atoms with van der Waals surface area (Å²) in [6.45, 7) is 8.60. The molecule has 0 aliphatic rings. The first-order valence-corrected chi connectivity index (χ1v) is 5.47. The van der Waals surface area contributed by atoms with Crippen LogP contribution in [0.5, 0.6) is 0 Å². The molecule has 3 heteroatoms. The minimum absolute atomic E-state index is 0.421. The Hall–Kier alpha value is -0.310. The third kappa shape index (κ3) is 4.46. The molecule has 0 saturated heterocycles. The van der Waals surface area contributed by atoms with Gasteiger partial charge in [-0.1, -0.05) is 13.8 Å². The standard InChI is InChI=1S/C10H22N2S/c1-6-9(7-2)12(5)10(13)11-8(3)4/h8-9H,6-7H2,1-5H3,(H,11,13). The highest BCUT2D eigenvalue weighted by atomic mass is 32.1. The Morgan fingerprint density at radius 2 is 1.77 bits per heavy atom. The quantitative estimate of drug-likeness (QED) is 0.705. The molecule has 0 aliphatic carbocycles. The monoisotopic (exact) mass is 202 g/mol. The van der Waals surface area contributed by atoms with E-state index in [0.717, 1.165) is 18.0 Å². The van der Waals surface area contributed by atoms with Crippen molar-refractivity contribution in [1.29, 1.82) is 0 Å². The zero-order valence-electron chi connectivity index (χ0n) is 9.42. The van der Waals surface area contributed by atoms with E-state index < -0.39 is 0 Å². The van der Waals surface area contributed by atoms with Gasteiger partial charge in [0.1, 0.15) is 0 Å². The predicted octanol–water partition coefficient (Wildman–Crippen LogP) is 2.39. The average Bonchev–Trinajstić information content (AvgIpc) is 2.05. The van der Waals surface area contributed by atoms with Gasteiger partial charge in [0.05, 0.1) is 0 Å². The number of thiocarbonyl (C=S) groups is 1. The van der Waals surface area contributed by atoms with Gasteiger partial charge < -0.3 is 10.2 Å². The minimum atomic E-state index is 0.421. The van der Waals surface area contributed by atoms with Crippen molar-refractivity contribution >= 4 is 17.3 Å². The summed E-state index contributed by atoms with van der Waals surface area (Å²) in [6, 6.07) is 0.989. The van der Waals surface area contributed by atoms with E-state index in [-0.39, 0.29) is 0 Å². The number of hydrogen-bond donors (Lipinski definition) is 1. The van der Waals surface area contributed by atoms with Crippen LogP contribution in [-0.4, -0.2) is 29.1 Å². The van der Waals surface area contributed by atoms with E-state index in [9.17, 15) is 0 Å². The van der Waals surface area contributed by atoms with Gasteiger partial charge in [0.2, 0.25) is 0 Å². The van der Waals surface area contributed by atoms with E-state index in [0.29, 0.717) is 12.1 Å². The maximum Gasteiger partial charge on any atom is 0.169 e. The Balaban J connectivity index is 4.07. The van der Waals surface area contributed by atoms with Crippen LogP contribution in [0.1, 0.15) is 40.5 Å². The summed E-state index contributed by atoms with van der Waals surface area (Å²) in [4.78, 5) is 2.16. The Morgan fingerprint density at radius 3 is 2.08 bits per heavy atom. The normalized spacial score (nSPS) is 10.7. The molecule has 0 heterocycles. The fourth-order valence-electron chi connectivity index (χ4n) is 1.35. The molecule has 0 aromatic rings. The van der Waals surface area contributed by atoms with Gasteiger partial charge in [-0.25, -0.2) is 0 Å². The lowest BCUT2D eigenvalue weighted by Crippen LogP contribution is -2.45. The van der Waals surface area contributed by atoms with Crippen LogP contribution in [0.25, 0.3) is 0 Å². The fourth-order valence-corrected chi connectivity index (χ4v) is 1.74. The number of rotatable bonds is 4. The van der Waals surface area contributed by atoms with Crippen molar-refractivity contribution in [2.45, 2.75) is 52.6 Å². The van der Waals surface area contributed by atoms with Crippen LogP contribution in [0.15, 0.2) is 0 Å². The summed E-state index contributed by atoms with van der Waals surface area (Å²) in [7, 11) is 2.06. The molecule has 0 aromatic carbocycles. The third-order valence-electron chi connectivity index (χ3n) is 2.22. The second kappa shape index (κ2) is 6.19. The average molecular weight is 202 g/mol. The molecule has 2 nitrogen and oxygen atoms in total. The summed E-state index contributed by atoms with van der Waals surface area (Å²) < 4.78 is 0. The van der Waals surface area contributed by atoms with Gasteiger partial charge in [0, 0.05) is 19.1 Å². The van der Waals surface area contributed by atoms with Gasteiger partial charge in [-0.3, -0.25) is 0 Å². The molecule has 0 spiro atoms. The number of hydrogen-bond acceptors (Lipinski definition) is 1. The lowest BCUT2D eigenvalue weighted by Gasteiger charge is -2.30. The second-order valence-corrected chi connectivity index (χ2v) is 4.07. The first-order valence-electron chi connectivity index (χ1n) is 5.06. The van der Waals surface area contributed by atoms with E-state index in [1.54, 1.807) is 0 Å². The van der Waals surface area contributed by atoms with Crippen molar-refractivity contribution in [3.63, 3.8) is 0 Å². The third-order valence-corrected chi connectivity index (χ3v) is 2.63. The molecule has 1 N–H and O–H groups in total. The smallest absolute Gasteiger partial charge is 0.169 e. The minimum Gasteiger partial charge on any atom is -0.360 e. The van der Waals surface area contributed by atoms with Gasteiger partial charge in [-0.05, 0) is 38.9 Å². The van der Waals surface area contributed by atoms with Crippen molar-refractivity contribution < 1.29 is 0 Å². The van der Waals surface area contributed by atoms with Crippen molar-refractivity contribution in [1.82, 2.24) is 10.2 Å². The first kappa shape index (κ1) is 12.7. The van der Waals surface area contributed by atoms with Crippen molar-refractivity contribution in [2.24, 2.45) is 0 Å². The van der Waals surface area contributed by atoms with Crippen LogP contribution in [0, 0.1) is 0 Å². The van der Waals surface area contributed by atoms with E-state index in [2.05, 4.69) is 45.0 Å². The van der Waals surface area contributed by atoms with E-state index >= 15 is 0 Å². The first-order chi connectivity index (χ1) is 6.02. The summed E-state index contributed by atoms with van der Waals surface area (Å²) >= 11 is 5.28. The predicted molar refractivity (Wildman–Crippen MR) is 63.0 cm³/mol. The van der Waals surface area contributed by atoms with Gasteiger partial charge in [-0.2, -0.15) is 0 Å². The molecule has 0 rings (SSSR count). The van der Waals surface area contributed by atoms with Gasteiger partial charge in [0.25, 0.3) is 0 Å². The van der Waals surface area contributed by atoms with Crippen LogP contribution >= 0.6 is 12.2 Å². The molecule has 0 atom stereocenters. The molecule has 0 unspecified atom stereocenters. The number of nitrogens with one attached hydrogen (secondary N) is 1. The summed E-state index contributed by atoms with van der Waals surface area (Å²) in [5.74, 6) is 0. The van der Waals surface area contributed by atoms with Crippen molar-refractivity contribution in [3.8, 4) is 0 Å². The summed E-state index contributed by atoms with van der Waals surface area (Å²) in [6.07, 6.45) is 2.29. The molecular weight excluding hydrogens is 180 g/mol. The lowest BCUT2D eigenvalue weighted by atomic mass is 10.1. The second-order valence-electron chi connectivity index (χ2n) is 3.69. The van der Waals surface area contributed by atoms with E-state index in [1.807, 2.05) is 0 Å². The zero-order valence-corrected chi connectivity index (χ0v) is 10.2. The van der Waals surface area contributed by atoms with Crippen molar-refractivity contribution in [2.75, 3.05) is 7.05 Å². The van der Waals surface area contributed by atoms with Gasteiger partial charge >= 0.3 is 0 Å². The topological polar surface area (TPSA) is 15.3 Å². The molecule has 0 aliphatic heterocycles. The largest absolute Gasteiger partial charge is 0.360 e. The highest BCUT2D eigenvalue weighted by Crippen LogP contribution is 2.06. The molecule has 0 saturated carbocycles. The summed E-state index contributed by atoms with van der Waals surface area (Å²) in [5.41, 5.74) is 0. The van der Waals surface area contributed by atoms with Crippen LogP contribution in [0.3, 0.4) is 0 Å². The Bertz CT molecular complexity index is 153. The van der Waals surface area contributed by atoms with Crippen LogP contribution in [-0.2, 0) is 0 Å². The Morgan fingerprint density at radius 1 is 1.31 bits per heavy atom. The molecule has 0 amide bonds. The number of nitrogens with zero attached hydrogens (tertiary/aromatic N) is 1. The lowest BCUT2D eigenvalue weighted by molar-refractivity contribution is 0.339. The van der Waals surface area contributed by atoms with Crippen LogP contribution in [0.4, 0.5) is 0 Å². The molecule has 0 fully saturated rings. The summed E-state index contributed by atoms with van der Waals surface area (Å²) in [5, 5.41) is 4.11. The van der Waals surface area contributed by atoms with Gasteiger partial charge in [-0.15, -0.1) is 0 Å². The maximum absolute atomic E-state index is 5.28. The SMILES string of the molecule is CCC(CC)N(C)C(=S)NC(C)C. The van der Waals surface area contributed by atoms with Gasteiger partial charge in [0.15, 0.2) is 5.11 Å². The Kier molecular flexibility index (Phi) is 6.04. The van der Waals surface area contributed by atoms with Crippen LogP contribution < -0.4 is 5.32 Å². The highest BCUT2D eigenvalue weighted by molar-refractivity contribution is 7.80. The fraction of sp³-hybridized carbons (Fsp3) is 0.900. The molecule has 0 bridgehead atoms. The van der Waals surface area contributed by atoms with Crippen LogP contribution in [0.2, 0.25) is 0 Å². The maximum atomic E-state index is 5.28. The molecule has 0 aromatic heterocycles. The van der Waals surface area contributed by atoms with Crippen molar-refractivity contribution in [3.05, 3.63) is 0 Å². The highest BCUT2D eigenvalue weighted by Gasteiger charge is 2.13. The Labute approximate surface area is 87.7 Å². The van der Waals surface area contributed by atoms with E-state index in [1.165, 1.54) is 0 Å². The molecule has 13 heavy (non-hydrogen) atoms. The van der Waals surface area contributed by atoms with E-state index in [4.69, 9.17) is 12.2 Å². The molecule has 0 radical (unpaired) electrons.